The number of hydrogen-bond acceptors (Lipinski definition) is 6. The van der Waals surface area contributed by atoms with E-state index in [1.807, 2.05) is 0 Å². The number of allylic oxidation sites excluding steroid dienone is 4. The van der Waals surface area contributed by atoms with Gasteiger partial charge in [0.05, 0.1) is 11.1 Å². The summed E-state index contributed by atoms with van der Waals surface area (Å²) < 4.78 is 149. The predicted octanol–water partition coefficient (Wildman–Crippen LogP) is 9.76. The van der Waals surface area contributed by atoms with Crippen LogP contribution < -0.4 is 0 Å². The molecule has 5 aromatic carbocycles. The first-order valence-corrected chi connectivity index (χ1v) is 19.1. The van der Waals surface area contributed by atoms with Gasteiger partial charge >= 0.3 is 32.6 Å². The molecule has 5 rings (SSSR count). The van der Waals surface area contributed by atoms with Crippen LogP contribution in [0.2, 0.25) is 0 Å². The van der Waals surface area contributed by atoms with Crippen molar-refractivity contribution in [2.45, 2.75) is 36.0 Å². The highest BCUT2D eigenvalue weighted by Gasteiger charge is 2.43. The fourth-order valence-corrected chi connectivity index (χ4v) is 6.79. The molecule has 0 aliphatic heterocycles. The van der Waals surface area contributed by atoms with Gasteiger partial charge in [0.2, 0.25) is 11.5 Å². The van der Waals surface area contributed by atoms with Crippen molar-refractivity contribution >= 4 is 31.4 Å². The first-order valence-electron chi connectivity index (χ1n) is 16.2. The second-order valence-corrected chi connectivity index (χ2v) is 15.0. The molecule has 0 amide bonds. The molecule has 6 nitrogen and oxygen atoms in total. The van der Waals surface area contributed by atoms with E-state index in [0.717, 1.165) is 24.3 Å². The van der Waals surface area contributed by atoms with Crippen LogP contribution in [0, 0.1) is 37.5 Å². The number of hydrogen-bond donors (Lipinski definition) is 0. The first kappa shape index (κ1) is 41.0. The Labute approximate surface area is 320 Å². The van der Waals surface area contributed by atoms with Crippen LogP contribution in [0.4, 0.5) is 26.3 Å². The van der Waals surface area contributed by atoms with E-state index < -0.39 is 65.0 Å². The molecule has 286 valence electrons. The Balaban J connectivity index is 1.62. The van der Waals surface area contributed by atoms with E-state index in [4.69, 9.17) is 8.37 Å². The average molecular weight is 807 g/mol. The smallest absolute Gasteiger partial charge is 0.372 e. The van der Waals surface area contributed by atoms with E-state index in [9.17, 15) is 43.2 Å². The highest BCUT2D eigenvalue weighted by atomic mass is 32.2. The summed E-state index contributed by atoms with van der Waals surface area (Å²) in [5, 5.41) is 0. The Bertz CT molecular complexity index is 2450. The molecule has 0 unspecified atom stereocenters. The van der Waals surface area contributed by atoms with E-state index in [2.05, 4.69) is 23.7 Å². The van der Waals surface area contributed by atoms with Crippen molar-refractivity contribution in [1.29, 1.82) is 0 Å². The normalized spacial score (nSPS) is 12.9. The standard InChI is InChI=1S/C42H28F6O6S2/c1-29-16-22-35(23-17-29)55(49,50)53-39(41(43,44)45)37(33-12-5-3-6-13-33)26-20-31-10-9-11-32(28-31)21-27-38(34-14-7-4-8-15-34)40(42(46,47)48)54-56(51,52)36-24-18-30(2)19-25-36/h3-19,22-25,28H,1-2H3/b39-37-,40-38-. The molecule has 0 bridgehead atoms. The zero-order valence-electron chi connectivity index (χ0n) is 29.2. The van der Waals surface area contributed by atoms with E-state index in [1.54, 1.807) is 13.8 Å². The summed E-state index contributed by atoms with van der Waals surface area (Å²) in [6, 6.07) is 29.2. The molecule has 0 radical (unpaired) electrons. The summed E-state index contributed by atoms with van der Waals surface area (Å²) in [7, 11) is -9.97. The van der Waals surface area contributed by atoms with Crippen molar-refractivity contribution in [3.63, 3.8) is 0 Å². The Morgan fingerprint density at radius 1 is 0.482 bits per heavy atom. The molecular weight excluding hydrogens is 779 g/mol. The monoisotopic (exact) mass is 806 g/mol. The van der Waals surface area contributed by atoms with E-state index in [1.165, 1.54) is 109 Å². The van der Waals surface area contributed by atoms with Gasteiger partial charge in [0.15, 0.2) is 0 Å². The van der Waals surface area contributed by atoms with Crippen LogP contribution in [0.15, 0.2) is 155 Å². The van der Waals surface area contributed by atoms with Crippen molar-refractivity contribution < 1.29 is 51.5 Å². The molecule has 5 aromatic rings. The van der Waals surface area contributed by atoms with Crippen LogP contribution in [-0.2, 0) is 28.6 Å². The zero-order chi connectivity index (χ0) is 40.7. The summed E-state index contributed by atoms with van der Waals surface area (Å²) in [6.45, 7) is 3.32. The highest BCUT2D eigenvalue weighted by molar-refractivity contribution is 7.87. The minimum atomic E-state index is -5.34. The second-order valence-electron chi connectivity index (χ2n) is 11.9. The van der Waals surface area contributed by atoms with Crippen LogP contribution in [0.25, 0.3) is 11.1 Å². The zero-order valence-corrected chi connectivity index (χ0v) is 30.9. The molecule has 56 heavy (non-hydrogen) atoms. The van der Waals surface area contributed by atoms with Gasteiger partial charge in [-0.15, -0.1) is 0 Å². The molecular formula is C42H28F6O6S2. The SMILES string of the molecule is Cc1ccc(S(=O)(=O)O/C(=C(/C#Cc2cccc(C#C/C(=C(/OS(=O)(=O)c3ccc(C)cc3)C(F)(F)F)c3ccccc3)c2)c2ccccc2)C(F)(F)F)cc1. The van der Waals surface area contributed by atoms with Gasteiger partial charge in [-0.25, -0.2) is 0 Å². The van der Waals surface area contributed by atoms with Gasteiger partial charge in [-0.2, -0.15) is 43.2 Å². The fourth-order valence-electron chi connectivity index (χ4n) is 4.86. The van der Waals surface area contributed by atoms with Crippen LogP contribution in [0.1, 0.15) is 33.4 Å². The van der Waals surface area contributed by atoms with E-state index in [-0.39, 0.29) is 22.3 Å². The number of rotatable bonds is 8. The minimum Gasteiger partial charge on any atom is -0.372 e. The third kappa shape index (κ3) is 10.5. The van der Waals surface area contributed by atoms with Gasteiger partial charge in [-0.3, -0.25) is 0 Å². The summed E-state index contributed by atoms with van der Waals surface area (Å²) in [4.78, 5) is -1.04. The summed E-state index contributed by atoms with van der Waals surface area (Å²) in [5.41, 5.74) is -0.500. The van der Waals surface area contributed by atoms with Crippen molar-refractivity contribution in [3.8, 4) is 23.7 Å². The van der Waals surface area contributed by atoms with Crippen molar-refractivity contribution in [3.05, 3.63) is 178 Å². The molecule has 0 heterocycles. The number of benzene rings is 5. The summed E-state index contributed by atoms with van der Waals surface area (Å²) in [6.07, 6.45) is -10.7. The predicted molar refractivity (Wildman–Crippen MR) is 198 cm³/mol. The highest BCUT2D eigenvalue weighted by Crippen LogP contribution is 2.37. The summed E-state index contributed by atoms with van der Waals surface area (Å²) >= 11 is 0. The van der Waals surface area contributed by atoms with Crippen molar-refractivity contribution in [2.75, 3.05) is 0 Å². The van der Waals surface area contributed by atoms with Gasteiger partial charge in [0.25, 0.3) is 0 Å². The first-order chi connectivity index (χ1) is 26.3. The Kier molecular flexibility index (Phi) is 12.2. The molecule has 0 saturated heterocycles. The van der Waals surface area contributed by atoms with Gasteiger partial charge in [-0.1, -0.05) is 126 Å². The lowest BCUT2D eigenvalue weighted by Gasteiger charge is -2.16. The number of halogens is 6. The molecule has 0 atom stereocenters. The third-order valence-corrected chi connectivity index (χ3v) is 10.1. The van der Waals surface area contributed by atoms with Crippen LogP contribution in [0.5, 0.6) is 0 Å². The number of aryl methyl sites for hydroxylation is 2. The largest absolute Gasteiger partial charge is 0.452 e. The molecule has 0 aliphatic rings. The fraction of sp³-hybridized carbons (Fsp3) is 0.0952. The third-order valence-electron chi connectivity index (χ3n) is 7.63. The van der Waals surface area contributed by atoms with Gasteiger partial charge < -0.3 is 8.37 Å². The van der Waals surface area contributed by atoms with Gasteiger partial charge in [0.1, 0.15) is 9.79 Å². The maximum absolute atomic E-state index is 14.6. The van der Waals surface area contributed by atoms with Crippen molar-refractivity contribution in [1.82, 2.24) is 0 Å². The van der Waals surface area contributed by atoms with Crippen LogP contribution >= 0.6 is 0 Å². The lowest BCUT2D eigenvalue weighted by atomic mass is 10.0. The van der Waals surface area contributed by atoms with Crippen molar-refractivity contribution in [2.24, 2.45) is 0 Å². The van der Waals surface area contributed by atoms with Gasteiger partial charge in [0, 0.05) is 11.1 Å². The van der Waals surface area contributed by atoms with E-state index >= 15 is 0 Å². The Morgan fingerprint density at radius 3 is 1.14 bits per heavy atom. The van der Waals surface area contributed by atoms with Gasteiger partial charge in [-0.05, 0) is 67.4 Å². The maximum atomic E-state index is 14.6. The molecule has 0 aliphatic carbocycles. The lowest BCUT2D eigenvalue weighted by molar-refractivity contribution is -0.115. The minimum absolute atomic E-state index is 0.0348. The topological polar surface area (TPSA) is 86.7 Å². The Hall–Kier alpha value is -6.22. The second kappa shape index (κ2) is 16.7. The molecule has 14 heteroatoms. The van der Waals surface area contributed by atoms with Crippen LogP contribution in [0.3, 0.4) is 0 Å². The van der Waals surface area contributed by atoms with Crippen LogP contribution in [-0.4, -0.2) is 29.2 Å². The summed E-state index contributed by atoms with van der Waals surface area (Å²) in [5.74, 6) is 6.03. The average Bonchev–Trinajstić information content (AvgIpc) is 3.14. The quantitative estimate of drug-likeness (QED) is 0.0672. The number of alkyl halides is 6. The maximum Gasteiger partial charge on any atom is 0.452 e. The molecule has 0 saturated carbocycles. The molecule has 0 fully saturated rings. The van der Waals surface area contributed by atoms with E-state index in [0.29, 0.717) is 11.1 Å². The molecule has 0 N–H and O–H groups in total. The molecule has 0 spiro atoms. The Morgan fingerprint density at radius 2 is 0.821 bits per heavy atom. The molecule has 0 aromatic heterocycles. The lowest BCUT2D eigenvalue weighted by Crippen LogP contribution is -2.20.